The maximum atomic E-state index is 13.8. The molecule has 0 bridgehead atoms. The molecule has 0 N–H and O–H groups in total. The molecule has 2 aliphatic rings. The number of carbonyl (C=O) groups is 2. The van der Waals surface area contributed by atoms with Crippen molar-refractivity contribution in [3.63, 3.8) is 0 Å². The number of benzene rings is 2. The zero-order chi connectivity index (χ0) is 22.9. The second-order valence-electron chi connectivity index (χ2n) is 8.56. The van der Waals surface area contributed by atoms with Crippen molar-refractivity contribution in [3.05, 3.63) is 58.6 Å². The number of nitrogens with zero attached hydrogens (tertiary/aromatic N) is 2. The van der Waals surface area contributed by atoms with E-state index >= 15 is 0 Å². The minimum atomic E-state index is -3.96. The second kappa shape index (κ2) is 9.45. The molecule has 32 heavy (non-hydrogen) atoms. The van der Waals surface area contributed by atoms with Gasteiger partial charge in [-0.2, -0.15) is 4.31 Å². The van der Waals surface area contributed by atoms with Crippen molar-refractivity contribution < 1.29 is 18.0 Å². The zero-order valence-electron chi connectivity index (χ0n) is 18.0. The van der Waals surface area contributed by atoms with Crippen molar-refractivity contribution in [1.82, 2.24) is 4.31 Å². The van der Waals surface area contributed by atoms with Crippen LogP contribution in [0.15, 0.2) is 57.9 Å². The van der Waals surface area contributed by atoms with Gasteiger partial charge in [0.05, 0.1) is 17.0 Å². The molecule has 2 aromatic rings. The number of imide groups is 1. The quantitative estimate of drug-likeness (QED) is 0.420. The van der Waals surface area contributed by atoms with Crippen LogP contribution in [0.4, 0.5) is 5.69 Å². The van der Waals surface area contributed by atoms with Crippen LogP contribution in [0, 0.1) is 6.92 Å². The molecular weight excluding hydrogens is 492 g/mol. The summed E-state index contributed by atoms with van der Waals surface area (Å²) in [7, 11) is -3.96. The summed E-state index contributed by atoms with van der Waals surface area (Å²) in [5.41, 5.74) is 1.41. The molecule has 8 heteroatoms. The number of carbonyl (C=O) groups excluding carboxylic acids is 2. The number of anilines is 1. The van der Waals surface area contributed by atoms with Gasteiger partial charge in [0.15, 0.2) is 0 Å². The zero-order valence-corrected chi connectivity index (χ0v) is 20.4. The van der Waals surface area contributed by atoms with Crippen molar-refractivity contribution in [1.29, 1.82) is 0 Å². The first kappa shape index (κ1) is 23.1. The number of aryl methyl sites for hydroxylation is 1. The van der Waals surface area contributed by atoms with Gasteiger partial charge >= 0.3 is 0 Å². The summed E-state index contributed by atoms with van der Waals surface area (Å²) in [5, 5.41) is 0. The first-order valence-corrected chi connectivity index (χ1v) is 13.2. The van der Waals surface area contributed by atoms with Gasteiger partial charge in [-0.15, -0.1) is 0 Å². The van der Waals surface area contributed by atoms with Crippen LogP contribution >= 0.6 is 15.9 Å². The molecule has 0 radical (unpaired) electrons. The number of amides is 2. The Morgan fingerprint density at radius 3 is 2.09 bits per heavy atom. The maximum absolute atomic E-state index is 13.8. The third-order valence-electron chi connectivity index (χ3n) is 6.30. The van der Waals surface area contributed by atoms with Crippen LogP contribution in [0.25, 0.3) is 0 Å². The number of halogens is 1. The topological polar surface area (TPSA) is 74.8 Å². The fourth-order valence-electron chi connectivity index (χ4n) is 4.64. The van der Waals surface area contributed by atoms with Gasteiger partial charge < -0.3 is 0 Å². The van der Waals surface area contributed by atoms with Gasteiger partial charge in [0.25, 0.3) is 5.91 Å². The molecule has 1 unspecified atom stereocenters. The summed E-state index contributed by atoms with van der Waals surface area (Å²) in [6.45, 7) is 1.90. The fourth-order valence-corrected chi connectivity index (χ4v) is 6.73. The molecule has 2 aromatic carbocycles. The van der Waals surface area contributed by atoms with E-state index in [4.69, 9.17) is 0 Å². The molecule has 6 nitrogen and oxygen atoms in total. The molecule has 2 amide bonds. The van der Waals surface area contributed by atoms with E-state index in [1.807, 2.05) is 6.92 Å². The predicted molar refractivity (Wildman–Crippen MR) is 127 cm³/mol. The molecular formula is C24H27BrN2O4S. The van der Waals surface area contributed by atoms with Gasteiger partial charge in [0.2, 0.25) is 15.9 Å². The lowest BCUT2D eigenvalue weighted by molar-refractivity contribution is -0.122. The lowest BCUT2D eigenvalue weighted by Crippen LogP contribution is -2.50. The molecule has 1 atom stereocenters. The summed E-state index contributed by atoms with van der Waals surface area (Å²) in [4.78, 5) is 27.7. The molecule has 4 rings (SSSR count). The van der Waals surface area contributed by atoms with Crippen molar-refractivity contribution in [2.75, 3.05) is 4.90 Å². The van der Waals surface area contributed by atoms with Crippen LogP contribution in [0.3, 0.4) is 0 Å². The molecule has 1 saturated carbocycles. The van der Waals surface area contributed by atoms with Crippen LogP contribution in [-0.2, 0) is 19.6 Å². The van der Waals surface area contributed by atoms with E-state index in [0.29, 0.717) is 18.5 Å². The van der Waals surface area contributed by atoms with Crippen molar-refractivity contribution in [2.24, 2.45) is 0 Å². The van der Waals surface area contributed by atoms with E-state index in [9.17, 15) is 18.0 Å². The lowest BCUT2D eigenvalue weighted by atomic mass is 10.1. The molecule has 170 valence electrons. The third kappa shape index (κ3) is 4.54. The summed E-state index contributed by atoms with van der Waals surface area (Å²) in [5.74, 6) is -0.850. The van der Waals surface area contributed by atoms with Crippen LogP contribution in [0.1, 0.15) is 50.5 Å². The van der Waals surface area contributed by atoms with E-state index in [2.05, 4.69) is 15.9 Å². The van der Waals surface area contributed by atoms with E-state index in [1.54, 1.807) is 48.5 Å². The number of sulfonamides is 1. The highest BCUT2D eigenvalue weighted by molar-refractivity contribution is 9.10. The lowest BCUT2D eigenvalue weighted by Gasteiger charge is -2.33. The highest BCUT2D eigenvalue weighted by Crippen LogP contribution is 2.35. The predicted octanol–water partition coefficient (Wildman–Crippen LogP) is 4.80. The van der Waals surface area contributed by atoms with Crippen LogP contribution in [0.5, 0.6) is 0 Å². The molecule has 1 saturated heterocycles. The molecule has 2 fully saturated rings. The van der Waals surface area contributed by atoms with Gasteiger partial charge in [0, 0.05) is 10.5 Å². The summed E-state index contributed by atoms with van der Waals surface area (Å²) < 4.78 is 29.8. The normalized spacial score (nSPS) is 20.7. The molecule has 1 aliphatic heterocycles. The summed E-state index contributed by atoms with van der Waals surface area (Å²) in [6.07, 6.45) is 5.18. The summed E-state index contributed by atoms with van der Waals surface area (Å²) in [6, 6.07) is 12.3. The van der Waals surface area contributed by atoms with Gasteiger partial charge in [0.1, 0.15) is 6.04 Å². The SMILES string of the molecule is Cc1ccc(S(=O)(=O)N(C2CCCCCC2)C2CC(=O)N(c3ccc(Br)cc3)C2=O)cc1. The second-order valence-corrected chi connectivity index (χ2v) is 11.3. The Bertz CT molecular complexity index is 1090. The van der Waals surface area contributed by atoms with E-state index in [-0.39, 0.29) is 23.3 Å². The van der Waals surface area contributed by atoms with E-state index in [0.717, 1.165) is 40.6 Å². The minimum absolute atomic E-state index is 0.142. The third-order valence-corrected chi connectivity index (χ3v) is 8.80. The van der Waals surface area contributed by atoms with Crippen LogP contribution in [0.2, 0.25) is 0 Å². The Kier molecular flexibility index (Phi) is 6.83. The average Bonchev–Trinajstić information content (AvgIpc) is 2.93. The molecule has 1 aliphatic carbocycles. The van der Waals surface area contributed by atoms with E-state index in [1.165, 1.54) is 4.31 Å². The Balaban J connectivity index is 1.74. The standard InChI is InChI=1S/C24H27BrN2O4S/c1-17-8-14-21(15-9-17)32(30,31)27(20-6-4-2-3-5-7-20)22-16-23(28)26(24(22)29)19-12-10-18(25)11-13-19/h8-15,20,22H,2-7,16H2,1H3. The molecule has 1 heterocycles. The minimum Gasteiger partial charge on any atom is -0.274 e. The van der Waals surface area contributed by atoms with Gasteiger partial charge in [-0.05, 0) is 56.2 Å². The number of rotatable bonds is 5. The maximum Gasteiger partial charge on any atom is 0.252 e. The largest absolute Gasteiger partial charge is 0.274 e. The van der Waals surface area contributed by atoms with Gasteiger partial charge in [-0.1, -0.05) is 59.3 Å². The number of hydrogen-bond donors (Lipinski definition) is 0. The molecule has 0 aromatic heterocycles. The van der Waals surface area contributed by atoms with Crippen LogP contribution in [-0.4, -0.2) is 36.6 Å². The fraction of sp³-hybridized carbons (Fsp3) is 0.417. The highest BCUT2D eigenvalue weighted by Gasteiger charge is 2.49. The highest BCUT2D eigenvalue weighted by atomic mass is 79.9. The molecule has 0 spiro atoms. The van der Waals surface area contributed by atoms with Crippen molar-refractivity contribution in [3.8, 4) is 0 Å². The number of hydrogen-bond acceptors (Lipinski definition) is 4. The Morgan fingerprint density at radius 2 is 1.50 bits per heavy atom. The Hall–Kier alpha value is -2.03. The Labute approximate surface area is 197 Å². The van der Waals surface area contributed by atoms with Crippen LogP contribution < -0.4 is 4.90 Å². The first-order valence-electron chi connectivity index (χ1n) is 11.0. The van der Waals surface area contributed by atoms with E-state index < -0.39 is 22.0 Å². The smallest absolute Gasteiger partial charge is 0.252 e. The monoisotopic (exact) mass is 518 g/mol. The van der Waals surface area contributed by atoms with Crippen molar-refractivity contribution in [2.45, 2.75) is 68.8 Å². The Morgan fingerprint density at radius 1 is 0.906 bits per heavy atom. The van der Waals surface area contributed by atoms with Gasteiger partial charge in [-0.25, -0.2) is 13.3 Å². The summed E-state index contributed by atoms with van der Waals surface area (Å²) >= 11 is 3.36. The first-order chi connectivity index (χ1) is 15.3. The average molecular weight is 519 g/mol. The van der Waals surface area contributed by atoms with Gasteiger partial charge in [-0.3, -0.25) is 9.59 Å². The van der Waals surface area contributed by atoms with Crippen molar-refractivity contribution >= 4 is 43.5 Å².